The van der Waals surface area contributed by atoms with Crippen LogP contribution in [0.2, 0.25) is 5.02 Å². The van der Waals surface area contributed by atoms with Crippen molar-refractivity contribution in [3.05, 3.63) is 59.1 Å². The molecule has 2 rings (SSSR count). The number of Topliss-reactive ketones (excluding diaryl/α,β-unsaturated/α-hetero) is 1. The number of benzene rings is 2. The lowest BCUT2D eigenvalue weighted by molar-refractivity contribution is -0.144. The summed E-state index contributed by atoms with van der Waals surface area (Å²) >= 11 is 7.25. The molecule has 1 N–H and O–H groups in total. The quantitative estimate of drug-likeness (QED) is 0.397. The second-order valence-electron chi connectivity index (χ2n) is 6.17. The van der Waals surface area contributed by atoms with Crippen LogP contribution in [-0.2, 0) is 19.6 Å². The molecule has 0 amide bonds. The van der Waals surface area contributed by atoms with Gasteiger partial charge in [0.25, 0.3) is 0 Å². The number of ketones is 1. The SMILES string of the molecule is COc1ccc(C(=O)COC(=O)[C@H](CCSC)NS(=O)(=O)c2ccc(Cl)cc2)cc1. The van der Waals surface area contributed by atoms with Crippen molar-refractivity contribution >= 4 is 45.1 Å². The Bertz CT molecular complexity index is 962. The summed E-state index contributed by atoms with van der Waals surface area (Å²) in [7, 11) is -2.46. The van der Waals surface area contributed by atoms with Crippen LogP contribution < -0.4 is 9.46 Å². The van der Waals surface area contributed by atoms with Crippen molar-refractivity contribution in [1.82, 2.24) is 4.72 Å². The minimum atomic E-state index is -3.97. The van der Waals surface area contributed by atoms with Crippen LogP contribution in [0.1, 0.15) is 16.8 Å². The molecule has 0 saturated carbocycles. The van der Waals surface area contributed by atoms with Gasteiger partial charge in [0.1, 0.15) is 11.8 Å². The molecule has 10 heteroatoms. The van der Waals surface area contributed by atoms with Crippen molar-refractivity contribution in [2.75, 3.05) is 25.7 Å². The van der Waals surface area contributed by atoms with Crippen LogP contribution in [0.15, 0.2) is 53.4 Å². The fourth-order valence-electron chi connectivity index (χ4n) is 2.43. The third-order valence-corrected chi connectivity index (χ3v) is 6.46. The van der Waals surface area contributed by atoms with Gasteiger partial charge in [-0.1, -0.05) is 11.6 Å². The van der Waals surface area contributed by atoms with Gasteiger partial charge in [-0.05, 0) is 67.0 Å². The van der Waals surface area contributed by atoms with Gasteiger partial charge in [-0.25, -0.2) is 8.42 Å². The number of rotatable bonds is 11. The monoisotopic (exact) mass is 471 g/mol. The van der Waals surface area contributed by atoms with Gasteiger partial charge >= 0.3 is 5.97 Å². The standard InChI is InChI=1S/C20H22ClNO6S2/c1-27-16-7-3-14(4-8-16)19(23)13-28-20(24)18(11-12-29-2)22-30(25,26)17-9-5-15(21)6-10-17/h3-10,18,22H,11-13H2,1-2H3/t18-/m0/s1. The van der Waals surface area contributed by atoms with E-state index < -0.39 is 34.4 Å². The first kappa shape index (κ1) is 24.2. The largest absolute Gasteiger partial charge is 0.497 e. The molecule has 0 aromatic heterocycles. The van der Waals surface area contributed by atoms with Crippen LogP contribution in [0, 0.1) is 0 Å². The second kappa shape index (κ2) is 11.4. The van der Waals surface area contributed by atoms with Crippen molar-refractivity contribution in [3.63, 3.8) is 0 Å². The number of carbonyl (C=O) groups is 2. The molecule has 0 bridgehead atoms. The van der Waals surface area contributed by atoms with E-state index in [-0.39, 0.29) is 11.3 Å². The average molecular weight is 472 g/mol. The van der Waals surface area contributed by atoms with Crippen molar-refractivity contribution in [2.24, 2.45) is 0 Å². The molecule has 7 nitrogen and oxygen atoms in total. The number of halogens is 1. The number of sulfonamides is 1. The molecule has 162 valence electrons. The summed E-state index contributed by atoms with van der Waals surface area (Å²) in [4.78, 5) is 24.7. The first-order valence-corrected chi connectivity index (χ1v) is 12.1. The summed E-state index contributed by atoms with van der Waals surface area (Å²) < 4.78 is 37.7. The van der Waals surface area contributed by atoms with E-state index in [9.17, 15) is 18.0 Å². The van der Waals surface area contributed by atoms with E-state index in [2.05, 4.69) is 4.72 Å². The molecule has 0 aliphatic carbocycles. The molecular formula is C20H22ClNO6S2. The van der Waals surface area contributed by atoms with Gasteiger partial charge in [-0.15, -0.1) is 0 Å². The van der Waals surface area contributed by atoms with E-state index in [4.69, 9.17) is 21.1 Å². The molecule has 2 aromatic carbocycles. The van der Waals surface area contributed by atoms with Crippen LogP contribution in [0.3, 0.4) is 0 Å². The summed E-state index contributed by atoms with van der Waals surface area (Å²) in [5.74, 6) is -0.106. The maximum absolute atomic E-state index is 12.6. The van der Waals surface area contributed by atoms with Crippen LogP contribution in [0.4, 0.5) is 0 Å². The third-order valence-electron chi connectivity index (χ3n) is 4.07. The summed E-state index contributed by atoms with van der Waals surface area (Å²) in [5.41, 5.74) is 0.353. The molecule has 0 aliphatic heterocycles. The Morgan fingerprint density at radius 1 is 1.10 bits per heavy atom. The van der Waals surface area contributed by atoms with E-state index >= 15 is 0 Å². The number of ether oxygens (including phenoxy) is 2. The van der Waals surface area contributed by atoms with Crippen LogP contribution in [-0.4, -0.2) is 51.9 Å². The summed E-state index contributed by atoms with van der Waals surface area (Å²) in [6.45, 7) is -0.496. The Hall–Kier alpha value is -2.07. The first-order chi connectivity index (χ1) is 14.3. The van der Waals surface area contributed by atoms with Crippen LogP contribution in [0.5, 0.6) is 5.75 Å². The molecule has 0 spiro atoms. The highest BCUT2D eigenvalue weighted by atomic mass is 35.5. The zero-order valence-corrected chi connectivity index (χ0v) is 18.9. The molecule has 0 heterocycles. The highest BCUT2D eigenvalue weighted by molar-refractivity contribution is 7.98. The molecule has 0 fully saturated rings. The fraction of sp³-hybridized carbons (Fsp3) is 0.300. The lowest BCUT2D eigenvalue weighted by atomic mass is 10.1. The van der Waals surface area contributed by atoms with E-state index in [1.165, 1.54) is 43.1 Å². The Labute approximate surface area is 185 Å². The van der Waals surface area contributed by atoms with E-state index in [0.29, 0.717) is 22.1 Å². The number of thioether (sulfide) groups is 1. The summed E-state index contributed by atoms with van der Waals surface area (Å²) in [6, 6.07) is 10.8. The van der Waals surface area contributed by atoms with Crippen LogP contribution in [0.25, 0.3) is 0 Å². The fourth-order valence-corrected chi connectivity index (χ4v) is 4.24. The van der Waals surface area contributed by atoms with Crippen molar-refractivity contribution in [2.45, 2.75) is 17.4 Å². The van der Waals surface area contributed by atoms with Gasteiger partial charge in [0.05, 0.1) is 12.0 Å². The van der Waals surface area contributed by atoms with Gasteiger partial charge < -0.3 is 9.47 Å². The number of nitrogens with one attached hydrogen (secondary N) is 1. The minimum Gasteiger partial charge on any atom is -0.497 e. The molecule has 2 aromatic rings. The van der Waals surface area contributed by atoms with Crippen molar-refractivity contribution in [3.8, 4) is 5.75 Å². The topological polar surface area (TPSA) is 98.8 Å². The summed E-state index contributed by atoms with van der Waals surface area (Å²) in [6.07, 6.45) is 2.05. The zero-order valence-electron chi connectivity index (χ0n) is 16.5. The predicted octanol–water partition coefficient (Wildman–Crippen LogP) is 3.17. The van der Waals surface area contributed by atoms with Gasteiger partial charge in [0.15, 0.2) is 12.4 Å². The predicted molar refractivity (Wildman–Crippen MR) is 117 cm³/mol. The Balaban J connectivity index is 2.04. The lowest BCUT2D eigenvalue weighted by Gasteiger charge is -2.17. The molecule has 1 atom stereocenters. The summed E-state index contributed by atoms with van der Waals surface area (Å²) in [5, 5.41) is 0.393. The number of hydrogen-bond acceptors (Lipinski definition) is 7. The number of methoxy groups -OCH3 is 1. The van der Waals surface area contributed by atoms with Crippen LogP contribution >= 0.6 is 23.4 Å². The first-order valence-electron chi connectivity index (χ1n) is 8.87. The van der Waals surface area contributed by atoms with Crippen molar-refractivity contribution < 1.29 is 27.5 Å². The number of esters is 1. The highest BCUT2D eigenvalue weighted by Crippen LogP contribution is 2.16. The Morgan fingerprint density at radius 2 is 1.73 bits per heavy atom. The smallest absolute Gasteiger partial charge is 0.324 e. The lowest BCUT2D eigenvalue weighted by Crippen LogP contribution is -2.42. The normalized spacial score (nSPS) is 12.2. The molecule has 0 aliphatic rings. The molecular weight excluding hydrogens is 450 g/mol. The third kappa shape index (κ3) is 7.02. The Morgan fingerprint density at radius 3 is 2.30 bits per heavy atom. The van der Waals surface area contributed by atoms with Gasteiger partial charge in [-0.2, -0.15) is 16.5 Å². The second-order valence-corrected chi connectivity index (χ2v) is 9.30. The minimum absolute atomic E-state index is 0.0249. The Kier molecular flexibility index (Phi) is 9.16. The molecule has 0 saturated heterocycles. The van der Waals surface area contributed by atoms with Crippen molar-refractivity contribution in [1.29, 1.82) is 0 Å². The molecule has 30 heavy (non-hydrogen) atoms. The zero-order chi connectivity index (χ0) is 22.1. The van der Waals surface area contributed by atoms with Gasteiger partial charge in [0, 0.05) is 10.6 Å². The maximum Gasteiger partial charge on any atom is 0.324 e. The highest BCUT2D eigenvalue weighted by Gasteiger charge is 2.27. The van der Waals surface area contributed by atoms with E-state index in [0.717, 1.165) is 0 Å². The number of hydrogen-bond donors (Lipinski definition) is 1. The van der Waals surface area contributed by atoms with E-state index in [1.54, 1.807) is 24.3 Å². The molecule has 0 radical (unpaired) electrons. The maximum atomic E-state index is 12.6. The van der Waals surface area contributed by atoms with Gasteiger partial charge in [-0.3, -0.25) is 9.59 Å². The van der Waals surface area contributed by atoms with Gasteiger partial charge in [0.2, 0.25) is 10.0 Å². The molecule has 0 unspecified atom stereocenters. The number of carbonyl (C=O) groups excluding carboxylic acids is 2. The van der Waals surface area contributed by atoms with E-state index in [1.807, 2.05) is 6.26 Å². The average Bonchev–Trinajstić information content (AvgIpc) is 2.75.